The number of Topliss-reactive ketones (excluding diaryl/α,β-unsaturated/α-hetero) is 1. The lowest BCUT2D eigenvalue weighted by Gasteiger charge is -2.10. The molecule has 1 heterocycles. The zero-order chi connectivity index (χ0) is 14.0. The molecule has 2 N–H and O–H groups in total. The lowest BCUT2D eigenvalue weighted by atomic mass is 10.1. The van der Waals surface area contributed by atoms with Gasteiger partial charge in [0.25, 0.3) is 0 Å². The SMILES string of the molecule is CC(C)n1ncc(Cl)c1C(=O)Cc1cccc(N)c1. The highest BCUT2D eigenvalue weighted by Gasteiger charge is 2.19. The van der Waals surface area contributed by atoms with E-state index < -0.39 is 0 Å². The summed E-state index contributed by atoms with van der Waals surface area (Å²) in [6, 6.07) is 7.38. The molecule has 0 aliphatic carbocycles. The summed E-state index contributed by atoms with van der Waals surface area (Å²) in [5, 5.41) is 4.53. The molecule has 0 bridgehead atoms. The van der Waals surface area contributed by atoms with E-state index in [9.17, 15) is 4.79 Å². The predicted octanol–water partition coefficient (Wildman–Crippen LogP) is 3.13. The van der Waals surface area contributed by atoms with Crippen LogP contribution in [0, 0.1) is 0 Å². The molecule has 0 spiro atoms. The zero-order valence-electron chi connectivity index (χ0n) is 10.9. The average Bonchev–Trinajstić information content (AvgIpc) is 2.71. The van der Waals surface area contributed by atoms with Gasteiger partial charge < -0.3 is 5.73 Å². The van der Waals surface area contributed by atoms with Gasteiger partial charge in [-0.25, -0.2) is 0 Å². The summed E-state index contributed by atoms with van der Waals surface area (Å²) in [6.45, 7) is 3.92. The number of nitrogens with zero attached hydrogens (tertiary/aromatic N) is 2. The van der Waals surface area contributed by atoms with Gasteiger partial charge in [0.2, 0.25) is 0 Å². The van der Waals surface area contributed by atoms with Gasteiger partial charge in [0.1, 0.15) is 5.69 Å². The highest BCUT2D eigenvalue weighted by atomic mass is 35.5. The van der Waals surface area contributed by atoms with Crippen molar-refractivity contribution in [2.75, 3.05) is 5.73 Å². The number of nitrogens with two attached hydrogens (primary N) is 1. The lowest BCUT2D eigenvalue weighted by molar-refractivity contribution is 0.0981. The Balaban J connectivity index is 2.28. The fourth-order valence-corrected chi connectivity index (χ4v) is 2.20. The molecule has 2 aromatic rings. The van der Waals surface area contributed by atoms with Crippen LogP contribution in [0.2, 0.25) is 5.02 Å². The van der Waals surface area contributed by atoms with Crippen LogP contribution in [-0.2, 0) is 6.42 Å². The number of ketones is 1. The van der Waals surface area contributed by atoms with Crippen molar-refractivity contribution in [3.63, 3.8) is 0 Å². The van der Waals surface area contributed by atoms with E-state index in [0.29, 0.717) is 16.4 Å². The first kappa shape index (κ1) is 13.6. The van der Waals surface area contributed by atoms with E-state index in [1.165, 1.54) is 6.20 Å². The molecule has 0 unspecified atom stereocenters. The number of rotatable bonds is 4. The van der Waals surface area contributed by atoms with Gasteiger partial charge in [-0.05, 0) is 31.5 Å². The monoisotopic (exact) mass is 277 g/mol. The topological polar surface area (TPSA) is 60.9 Å². The first-order chi connectivity index (χ1) is 8.99. The number of benzene rings is 1. The Labute approximate surface area is 117 Å². The van der Waals surface area contributed by atoms with Crippen LogP contribution in [0.15, 0.2) is 30.5 Å². The molecule has 0 aliphatic heterocycles. The largest absolute Gasteiger partial charge is 0.399 e. The molecule has 0 aliphatic rings. The van der Waals surface area contributed by atoms with E-state index in [2.05, 4.69) is 5.10 Å². The predicted molar refractivity (Wildman–Crippen MR) is 76.5 cm³/mol. The summed E-state index contributed by atoms with van der Waals surface area (Å²) in [5.74, 6) is -0.0539. The highest BCUT2D eigenvalue weighted by Crippen LogP contribution is 2.21. The number of hydrogen-bond acceptors (Lipinski definition) is 3. The van der Waals surface area contributed by atoms with Crippen molar-refractivity contribution in [2.45, 2.75) is 26.3 Å². The van der Waals surface area contributed by atoms with Crippen LogP contribution in [0.3, 0.4) is 0 Å². The third kappa shape index (κ3) is 2.96. The molecular weight excluding hydrogens is 262 g/mol. The maximum Gasteiger partial charge on any atom is 0.186 e. The minimum Gasteiger partial charge on any atom is -0.399 e. The molecule has 19 heavy (non-hydrogen) atoms. The van der Waals surface area contributed by atoms with Gasteiger partial charge in [0.05, 0.1) is 11.2 Å². The molecule has 0 amide bonds. The average molecular weight is 278 g/mol. The number of anilines is 1. The number of carbonyl (C=O) groups is 1. The second kappa shape index (κ2) is 5.45. The van der Waals surface area contributed by atoms with E-state index in [-0.39, 0.29) is 18.2 Å². The van der Waals surface area contributed by atoms with Crippen LogP contribution in [0.1, 0.15) is 35.9 Å². The molecule has 100 valence electrons. The maximum atomic E-state index is 12.3. The fraction of sp³-hybridized carbons (Fsp3) is 0.286. The Morgan fingerprint density at radius 3 is 2.84 bits per heavy atom. The van der Waals surface area contributed by atoms with Gasteiger partial charge in [-0.2, -0.15) is 5.10 Å². The van der Waals surface area contributed by atoms with E-state index in [4.69, 9.17) is 17.3 Å². The molecule has 0 saturated heterocycles. The maximum absolute atomic E-state index is 12.3. The van der Waals surface area contributed by atoms with Crippen molar-refractivity contribution in [3.05, 3.63) is 46.7 Å². The summed E-state index contributed by atoms with van der Waals surface area (Å²) in [5.41, 5.74) is 7.68. The second-order valence-corrected chi connectivity index (χ2v) is 5.13. The molecule has 0 fully saturated rings. The first-order valence-electron chi connectivity index (χ1n) is 6.09. The number of halogens is 1. The summed E-state index contributed by atoms with van der Waals surface area (Å²) < 4.78 is 1.65. The molecule has 1 aromatic carbocycles. The van der Waals surface area contributed by atoms with Crippen LogP contribution >= 0.6 is 11.6 Å². The van der Waals surface area contributed by atoms with Crippen LogP contribution in [-0.4, -0.2) is 15.6 Å². The Morgan fingerprint density at radius 1 is 1.47 bits per heavy atom. The minimum absolute atomic E-state index is 0.0539. The summed E-state index contributed by atoms with van der Waals surface area (Å²) in [6.07, 6.45) is 1.78. The van der Waals surface area contributed by atoms with Crippen molar-refractivity contribution in [1.29, 1.82) is 0 Å². The molecule has 4 nitrogen and oxygen atoms in total. The normalized spacial score (nSPS) is 10.9. The van der Waals surface area contributed by atoms with Gasteiger partial charge in [0, 0.05) is 18.2 Å². The smallest absolute Gasteiger partial charge is 0.186 e. The van der Waals surface area contributed by atoms with Gasteiger partial charge in [-0.15, -0.1) is 0 Å². The Hall–Kier alpha value is -1.81. The lowest BCUT2D eigenvalue weighted by Crippen LogP contribution is -2.14. The molecule has 5 heteroatoms. The van der Waals surface area contributed by atoms with Gasteiger partial charge in [-0.1, -0.05) is 23.7 Å². The van der Waals surface area contributed by atoms with E-state index in [1.54, 1.807) is 16.8 Å². The molecule has 0 saturated carbocycles. The first-order valence-corrected chi connectivity index (χ1v) is 6.47. The number of hydrogen-bond donors (Lipinski definition) is 1. The van der Waals surface area contributed by atoms with Gasteiger partial charge in [0.15, 0.2) is 5.78 Å². The van der Waals surface area contributed by atoms with Crippen LogP contribution in [0.4, 0.5) is 5.69 Å². The van der Waals surface area contributed by atoms with Gasteiger partial charge >= 0.3 is 0 Å². The van der Waals surface area contributed by atoms with E-state index in [1.807, 2.05) is 26.0 Å². The van der Waals surface area contributed by atoms with E-state index in [0.717, 1.165) is 5.56 Å². The fourth-order valence-electron chi connectivity index (χ4n) is 1.97. The van der Waals surface area contributed by atoms with Crippen LogP contribution in [0.25, 0.3) is 0 Å². The molecule has 2 rings (SSSR count). The summed E-state index contributed by atoms with van der Waals surface area (Å²) in [4.78, 5) is 12.3. The van der Waals surface area contributed by atoms with Crippen molar-refractivity contribution in [3.8, 4) is 0 Å². The Kier molecular flexibility index (Phi) is 3.90. The van der Waals surface area contributed by atoms with Crippen molar-refractivity contribution < 1.29 is 4.79 Å². The quantitative estimate of drug-likeness (QED) is 0.690. The number of carbonyl (C=O) groups excluding carboxylic acids is 1. The van der Waals surface area contributed by atoms with Gasteiger partial charge in [-0.3, -0.25) is 9.48 Å². The number of aromatic nitrogens is 2. The van der Waals surface area contributed by atoms with Crippen LogP contribution < -0.4 is 5.73 Å². The Morgan fingerprint density at radius 2 is 2.21 bits per heavy atom. The second-order valence-electron chi connectivity index (χ2n) is 4.72. The Bertz CT molecular complexity index is 604. The molecule has 0 radical (unpaired) electrons. The third-order valence-electron chi connectivity index (χ3n) is 2.82. The third-order valence-corrected chi connectivity index (χ3v) is 3.10. The molecule has 0 atom stereocenters. The van der Waals surface area contributed by atoms with Crippen molar-refractivity contribution in [2.24, 2.45) is 0 Å². The van der Waals surface area contributed by atoms with Crippen molar-refractivity contribution >= 4 is 23.1 Å². The summed E-state index contributed by atoms with van der Waals surface area (Å²) in [7, 11) is 0. The highest BCUT2D eigenvalue weighted by molar-refractivity contribution is 6.33. The zero-order valence-corrected chi connectivity index (χ0v) is 11.7. The standard InChI is InChI=1S/C14H16ClN3O/c1-9(2)18-14(12(15)8-17-18)13(19)7-10-4-3-5-11(16)6-10/h3-6,8-9H,7,16H2,1-2H3. The van der Waals surface area contributed by atoms with Crippen LogP contribution in [0.5, 0.6) is 0 Å². The molecular formula is C14H16ClN3O. The number of nitrogen functional groups attached to an aromatic ring is 1. The summed E-state index contributed by atoms with van der Waals surface area (Å²) >= 11 is 6.05. The minimum atomic E-state index is -0.0539. The molecule has 1 aromatic heterocycles. The van der Waals surface area contributed by atoms with Crippen molar-refractivity contribution in [1.82, 2.24) is 9.78 Å². The van der Waals surface area contributed by atoms with E-state index >= 15 is 0 Å².